The van der Waals surface area contributed by atoms with E-state index in [1.54, 1.807) is 0 Å². The maximum absolute atomic E-state index is 9.30. The van der Waals surface area contributed by atoms with Gasteiger partial charge in [0.15, 0.2) is 0 Å². The number of aromatic nitrogens is 2. The molecule has 1 fully saturated rings. The highest BCUT2D eigenvalue weighted by Gasteiger charge is 2.23. The molecule has 0 spiro atoms. The number of ether oxygens (including phenoxy) is 1. The summed E-state index contributed by atoms with van der Waals surface area (Å²) in [5.41, 5.74) is 4.57. The van der Waals surface area contributed by atoms with Crippen LogP contribution in [-0.4, -0.2) is 41.2 Å². The van der Waals surface area contributed by atoms with Gasteiger partial charge >= 0.3 is 0 Å². The van der Waals surface area contributed by atoms with Gasteiger partial charge in [0.25, 0.3) is 0 Å². The van der Waals surface area contributed by atoms with Gasteiger partial charge in [-0.2, -0.15) is 5.10 Å². The predicted octanol–water partition coefficient (Wildman–Crippen LogP) is 2.16. The average Bonchev–Trinajstić information content (AvgIpc) is 2.99. The molecule has 1 aromatic carbocycles. The summed E-state index contributed by atoms with van der Waals surface area (Å²) in [6, 6.07) is 8.06. The van der Waals surface area contributed by atoms with E-state index < -0.39 is 0 Å². The Hall–Kier alpha value is -1.89. The van der Waals surface area contributed by atoms with Crippen LogP contribution in [0.5, 0.6) is 0 Å². The molecule has 0 aliphatic carbocycles. The van der Waals surface area contributed by atoms with Gasteiger partial charge in [-0.25, -0.2) is 0 Å². The van der Waals surface area contributed by atoms with Crippen LogP contribution in [0.25, 0.3) is 0 Å². The summed E-state index contributed by atoms with van der Waals surface area (Å²) in [5.74, 6) is 1.58. The first-order chi connectivity index (χ1) is 12.6. The number of hydrogen-bond donors (Lipinski definition) is 2. The van der Waals surface area contributed by atoms with Gasteiger partial charge in [0.05, 0.1) is 25.5 Å². The number of aliphatic hydroxyl groups is 1. The van der Waals surface area contributed by atoms with Crippen molar-refractivity contribution >= 4 is 5.82 Å². The minimum Gasteiger partial charge on any atom is -0.392 e. The van der Waals surface area contributed by atoms with E-state index in [9.17, 15) is 5.11 Å². The topological polar surface area (TPSA) is 62.5 Å². The second-order valence-electron chi connectivity index (χ2n) is 7.15. The van der Waals surface area contributed by atoms with Crippen molar-refractivity contribution in [3.05, 3.63) is 46.6 Å². The third-order valence-electron chi connectivity index (χ3n) is 4.81. The van der Waals surface area contributed by atoms with Gasteiger partial charge in [0, 0.05) is 38.8 Å². The Bertz CT molecular complexity index is 721. The zero-order valence-electron chi connectivity index (χ0n) is 16.0. The lowest BCUT2D eigenvalue weighted by atomic mass is 10.0. The number of aliphatic hydroxyl groups excluding tert-OH is 1. The second kappa shape index (κ2) is 8.66. The van der Waals surface area contributed by atoms with Crippen LogP contribution in [0.4, 0.5) is 5.82 Å². The Balaban J connectivity index is 1.76. The molecule has 0 amide bonds. The van der Waals surface area contributed by atoms with Gasteiger partial charge in [0.2, 0.25) is 0 Å². The number of nitrogens with one attached hydrogen (secondary N) is 1. The van der Waals surface area contributed by atoms with E-state index in [4.69, 9.17) is 9.84 Å². The molecule has 6 heteroatoms. The highest BCUT2D eigenvalue weighted by Crippen LogP contribution is 2.29. The largest absolute Gasteiger partial charge is 0.392 e. The molecule has 0 radical (unpaired) electrons. The predicted molar refractivity (Wildman–Crippen MR) is 103 cm³/mol. The first-order valence-corrected chi connectivity index (χ1v) is 9.38. The van der Waals surface area contributed by atoms with Crippen molar-refractivity contribution in [3.8, 4) is 0 Å². The molecular formula is C20H30N4O2. The fourth-order valence-electron chi connectivity index (χ4n) is 3.55. The number of benzene rings is 1. The standard InChI is InChI=1S/C20H30N4O2/c1-15(2)19-18(13-21-12-16-5-4-6-17(11-16)14-25)20(23(3)22-19)24-7-9-26-10-8-24/h4-6,11,15,21,25H,7-10,12-14H2,1-3H3. The number of hydrogen-bond acceptors (Lipinski definition) is 5. The Morgan fingerprint density at radius 3 is 2.62 bits per heavy atom. The molecule has 0 bridgehead atoms. The van der Waals surface area contributed by atoms with Crippen molar-refractivity contribution < 1.29 is 9.84 Å². The molecule has 3 rings (SSSR count). The van der Waals surface area contributed by atoms with E-state index in [0.29, 0.717) is 5.92 Å². The fourth-order valence-corrected chi connectivity index (χ4v) is 3.55. The Labute approximate surface area is 155 Å². The Morgan fingerprint density at radius 1 is 1.19 bits per heavy atom. The summed E-state index contributed by atoms with van der Waals surface area (Å²) < 4.78 is 7.53. The lowest BCUT2D eigenvalue weighted by molar-refractivity contribution is 0.122. The van der Waals surface area contributed by atoms with Crippen molar-refractivity contribution in [2.24, 2.45) is 7.05 Å². The molecule has 2 aromatic rings. The molecule has 1 aliphatic rings. The van der Waals surface area contributed by atoms with Gasteiger partial charge in [-0.15, -0.1) is 0 Å². The molecule has 6 nitrogen and oxygen atoms in total. The maximum atomic E-state index is 9.30. The lowest BCUT2D eigenvalue weighted by Crippen LogP contribution is -2.38. The lowest BCUT2D eigenvalue weighted by Gasteiger charge is -2.29. The highest BCUT2D eigenvalue weighted by atomic mass is 16.5. The smallest absolute Gasteiger partial charge is 0.131 e. The summed E-state index contributed by atoms with van der Waals surface area (Å²) in [6.45, 7) is 9.35. The minimum absolute atomic E-state index is 0.0785. The molecule has 142 valence electrons. The summed E-state index contributed by atoms with van der Waals surface area (Å²) in [4.78, 5) is 2.38. The average molecular weight is 358 g/mol. The summed E-state index contributed by atoms with van der Waals surface area (Å²) in [7, 11) is 2.03. The Kier molecular flexibility index (Phi) is 6.29. The number of morpholine rings is 1. The van der Waals surface area contributed by atoms with Crippen LogP contribution < -0.4 is 10.2 Å². The molecular weight excluding hydrogens is 328 g/mol. The molecule has 1 saturated heterocycles. The SMILES string of the molecule is CC(C)c1nn(C)c(N2CCOCC2)c1CNCc1cccc(CO)c1. The van der Waals surface area contributed by atoms with Crippen LogP contribution in [0, 0.1) is 0 Å². The van der Waals surface area contributed by atoms with Gasteiger partial charge in [-0.05, 0) is 17.0 Å². The molecule has 0 saturated carbocycles. The highest BCUT2D eigenvalue weighted by molar-refractivity contribution is 5.51. The number of anilines is 1. The van der Waals surface area contributed by atoms with Gasteiger partial charge in [-0.3, -0.25) is 4.68 Å². The third kappa shape index (κ3) is 4.26. The van der Waals surface area contributed by atoms with E-state index in [1.807, 2.05) is 29.9 Å². The van der Waals surface area contributed by atoms with Crippen molar-refractivity contribution in [2.75, 3.05) is 31.2 Å². The molecule has 1 aromatic heterocycles. The zero-order chi connectivity index (χ0) is 18.5. The van der Waals surface area contributed by atoms with Crippen molar-refractivity contribution in [1.82, 2.24) is 15.1 Å². The maximum Gasteiger partial charge on any atom is 0.131 e. The first kappa shape index (κ1) is 18.9. The number of aryl methyl sites for hydroxylation is 1. The van der Waals surface area contributed by atoms with Gasteiger partial charge < -0.3 is 20.1 Å². The molecule has 2 N–H and O–H groups in total. The number of rotatable bonds is 7. The molecule has 1 aliphatic heterocycles. The Morgan fingerprint density at radius 2 is 1.92 bits per heavy atom. The van der Waals surface area contributed by atoms with Crippen LogP contribution in [0.3, 0.4) is 0 Å². The van der Waals surface area contributed by atoms with Gasteiger partial charge in [-0.1, -0.05) is 38.1 Å². The third-order valence-corrected chi connectivity index (χ3v) is 4.81. The van der Waals surface area contributed by atoms with E-state index in [-0.39, 0.29) is 6.61 Å². The second-order valence-corrected chi connectivity index (χ2v) is 7.15. The molecule has 0 atom stereocenters. The number of nitrogens with zero attached hydrogens (tertiary/aromatic N) is 3. The van der Waals surface area contributed by atoms with E-state index >= 15 is 0 Å². The van der Waals surface area contributed by atoms with Gasteiger partial charge in [0.1, 0.15) is 5.82 Å². The van der Waals surface area contributed by atoms with Crippen molar-refractivity contribution in [3.63, 3.8) is 0 Å². The fraction of sp³-hybridized carbons (Fsp3) is 0.550. The van der Waals surface area contributed by atoms with E-state index in [1.165, 1.54) is 16.9 Å². The van der Waals surface area contributed by atoms with Crippen LogP contribution in [-0.2, 0) is 31.5 Å². The summed E-state index contributed by atoms with van der Waals surface area (Å²) >= 11 is 0. The molecule has 2 heterocycles. The quantitative estimate of drug-likeness (QED) is 0.794. The van der Waals surface area contributed by atoms with Crippen molar-refractivity contribution in [1.29, 1.82) is 0 Å². The van der Waals surface area contributed by atoms with Crippen LogP contribution in [0.2, 0.25) is 0 Å². The summed E-state index contributed by atoms with van der Waals surface area (Å²) in [5, 5.41) is 17.7. The normalized spacial score (nSPS) is 15.0. The van der Waals surface area contributed by atoms with Crippen LogP contribution in [0.15, 0.2) is 24.3 Å². The monoisotopic (exact) mass is 358 g/mol. The molecule has 0 unspecified atom stereocenters. The van der Waals surface area contributed by atoms with Crippen molar-refractivity contribution in [2.45, 2.75) is 39.5 Å². The van der Waals surface area contributed by atoms with Crippen LogP contribution in [0.1, 0.15) is 42.1 Å². The first-order valence-electron chi connectivity index (χ1n) is 9.38. The summed E-state index contributed by atoms with van der Waals surface area (Å²) in [6.07, 6.45) is 0. The van der Waals surface area contributed by atoms with E-state index in [2.05, 4.69) is 30.1 Å². The zero-order valence-corrected chi connectivity index (χ0v) is 16.0. The molecule has 26 heavy (non-hydrogen) atoms. The van der Waals surface area contributed by atoms with E-state index in [0.717, 1.165) is 50.7 Å². The minimum atomic E-state index is 0.0785. The van der Waals surface area contributed by atoms with Crippen LogP contribution >= 0.6 is 0 Å².